The van der Waals surface area contributed by atoms with Crippen molar-refractivity contribution in [3.8, 4) is 0 Å². The molecule has 11 nitrogen and oxygen atoms in total. The third-order valence-electron chi connectivity index (χ3n) is 16.1. The van der Waals surface area contributed by atoms with E-state index in [0.29, 0.717) is 19.4 Å². The van der Waals surface area contributed by atoms with Crippen LogP contribution in [0.25, 0.3) is 0 Å². The third-order valence-corrected chi connectivity index (χ3v) is 16.1. The fraction of sp³-hybridized carbons (Fsp3) is 0.910. The van der Waals surface area contributed by atoms with Gasteiger partial charge in [0.1, 0.15) is 24.4 Å². The molecular weight excluding hydrogens is 979 g/mol. The van der Waals surface area contributed by atoms with E-state index in [1.54, 1.807) is 6.08 Å². The summed E-state index contributed by atoms with van der Waals surface area (Å²) in [5.74, 6) is -0.182. The molecule has 11 heteroatoms. The van der Waals surface area contributed by atoms with Crippen LogP contribution in [-0.4, -0.2) is 100 Å². The van der Waals surface area contributed by atoms with Crippen LogP contribution in [0.1, 0.15) is 328 Å². The van der Waals surface area contributed by atoms with E-state index < -0.39 is 49.5 Å². The number of rotatable bonds is 59. The number of aliphatic hydroxyl groups is 5. The van der Waals surface area contributed by atoms with Crippen molar-refractivity contribution in [2.45, 2.75) is 371 Å². The lowest BCUT2D eigenvalue weighted by Crippen LogP contribution is -2.60. The summed E-state index contributed by atoms with van der Waals surface area (Å²) >= 11 is 0. The van der Waals surface area contributed by atoms with Gasteiger partial charge in [-0.2, -0.15) is 0 Å². The molecule has 78 heavy (non-hydrogen) atoms. The first kappa shape index (κ1) is 74.2. The highest BCUT2D eigenvalue weighted by Crippen LogP contribution is 2.23. The monoisotopic (exact) mass is 1110 g/mol. The average Bonchev–Trinajstić information content (AvgIpc) is 3.43. The predicted molar refractivity (Wildman–Crippen MR) is 324 cm³/mol. The first-order valence-electron chi connectivity index (χ1n) is 33.6. The topological polar surface area (TPSA) is 175 Å². The molecule has 1 rings (SSSR count). The van der Waals surface area contributed by atoms with Gasteiger partial charge in [-0.3, -0.25) is 9.59 Å². The molecule has 1 heterocycles. The molecule has 0 aliphatic carbocycles. The molecule has 1 aliphatic rings. The normalized spacial score (nSPS) is 18.6. The van der Waals surface area contributed by atoms with E-state index in [0.717, 1.165) is 57.8 Å². The van der Waals surface area contributed by atoms with Crippen molar-refractivity contribution in [3.63, 3.8) is 0 Å². The number of carbonyl (C=O) groups is 2. The molecule has 0 saturated carbocycles. The van der Waals surface area contributed by atoms with Gasteiger partial charge in [-0.15, -0.1) is 0 Å². The Morgan fingerprint density at radius 2 is 0.821 bits per heavy atom. The van der Waals surface area contributed by atoms with Crippen LogP contribution >= 0.6 is 0 Å². The van der Waals surface area contributed by atoms with Gasteiger partial charge in [-0.05, 0) is 57.8 Å². The number of amides is 1. The van der Waals surface area contributed by atoms with E-state index in [1.165, 1.54) is 244 Å². The number of aliphatic hydroxyl groups excluding tert-OH is 5. The minimum Gasteiger partial charge on any atom is -0.466 e. The quantitative estimate of drug-likeness (QED) is 0.0195. The number of hydrogen-bond donors (Lipinski definition) is 6. The van der Waals surface area contributed by atoms with Crippen LogP contribution in [0.15, 0.2) is 24.3 Å². The second kappa shape index (κ2) is 57.0. The van der Waals surface area contributed by atoms with Gasteiger partial charge in [0.25, 0.3) is 0 Å². The molecule has 1 aliphatic heterocycles. The van der Waals surface area contributed by atoms with Gasteiger partial charge in [-0.1, -0.05) is 282 Å². The molecule has 0 bridgehead atoms. The largest absolute Gasteiger partial charge is 0.466 e. The van der Waals surface area contributed by atoms with Crippen LogP contribution in [0.3, 0.4) is 0 Å². The standard InChI is InChI=1S/C67H127NO10/c1-3-5-7-9-11-13-14-15-16-29-32-35-39-43-47-51-55-63(72)76-56-52-48-44-40-36-33-30-27-25-23-21-19-17-18-20-22-24-26-28-31-34-38-42-46-50-54-62(71)68-59(60(70)53-49-45-41-37-12-10-8-6-4-2)58-77-67-66(75)65(74)64(73)61(57-69)78-67/h16,29,49,53,59-61,64-67,69-70,73-75H,3-15,17-28,30-48,50-52,54-58H2,1-2H3,(H,68,71)/b29-16-,53-49+. The summed E-state index contributed by atoms with van der Waals surface area (Å²) in [5, 5.41) is 54.3. The van der Waals surface area contributed by atoms with E-state index in [-0.39, 0.29) is 18.5 Å². The summed E-state index contributed by atoms with van der Waals surface area (Å²) in [5.41, 5.74) is 0. The summed E-state index contributed by atoms with van der Waals surface area (Å²) in [6.45, 7) is 4.33. The molecule has 460 valence electrons. The van der Waals surface area contributed by atoms with Gasteiger partial charge >= 0.3 is 5.97 Å². The van der Waals surface area contributed by atoms with Crippen molar-refractivity contribution in [3.05, 3.63) is 24.3 Å². The van der Waals surface area contributed by atoms with Crippen LogP contribution in [0.4, 0.5) is 0 Å². The fourth-order valence-corrected chi connectivity index (χ4v) is 10.7. The van der Waals surface area contributed by atoms with Crippen molar-refractivity contribution < 1.29 is 49.3 Å². The maximum Gasteiger partial charge on any atom is 0.305 e. The van der Waals surface area contributed by atoms with Crippen molar-refractivity contribution in [1.82, 2.24) is 5.32 Å². The second-order valence-electron chi connectivity index (χ2n) is 23.5. The molecule has 1 fully saturated rings. The van der Waals surface area contributed by atoms with Gasteiger partial charge in [0.05, 0.1) is 32.0 Å². The number of ether oxygens (including phenoxy) is 3. The second-order valence-corrected chi connectivity index (χ2v) is 23.5. The van der Waals surface area contributed by atoms with Crippen molar-refractivity contribution in [1.29, 1.82) is 0 Å². The van der Waals surface area contributed by atoms with Crippen molar-refractivity contribution in [2.75, 3.05) is 19.8 Å². The Labute approximate surface area is 480 Å². The highest BCUT2D eigenvalue weighted by molar-refractivity contribution is 5.76. The van der Waals surface area contributed by atoms with Crippen LogP contribution in [0, 0.1) is 0 Å². The van der Waals surface area contributed by atoms with E-state index in [2.05, 4.69) is 31.3 Å². The molecule has 1 saturated heterocycles. The lowest BCUT2D eigenvalue weighted by Gasteiger charge is -2.40. The molecule has 7 atom stereocenters. The van der Waals surface area contributed by atoms with Gasteiger partial charge < -0.3 is 45.1 Å². The Hall–Kier alpha value is -1.86. The predicted octanol–water partition coefficient (Wildman–Crippen LogP) is 16.5. The zero-order chi connectivity index (χ0) is 56.6. The van der Waals surface area contributed by atoms with Crippen molar-refractivity contribution >= 4 is 11.9 Å². The number of nitrogens with one attached hydrogen (secondary N) is 1. The molecule has 1 amide bonds. The van der Waals surface area contributed by atoms with Gasteiger partial charge in [-0.25, -0.2) is 0 Å². The highest BCUT2D eigenvalue weighted by atomic mass is 16.7. The number of unbranched alkanes of at least 4 members (excludes halogenated alkanes) is 43. The molecule has 0 spiro atoms. The zero-order valence-corrected chi connectivity index (χ0v) is 50.9. The van der Waals surface area contributed by atoms with Crippen LogP contribution in [0.5, 0.6) is 0 Å². The summed E-state index contributed by atoms with van der Waals surface area (Å²) in [6.07, 6.45) is 60.3. The van der Waals surface area contributed by atoms with Crippen molar-refractivity contribution in [2.24, 2.45) is 0 Å². The molecule has 7 unspecified atom stereocenters. The summed E-state index contributed by atoms with van der Waals surface area (Å²) in [7, 11) is 0. The Balaban J connectivity index is 1.93. The molecule has 0 aromatic rings. The first-order chi connectivity index (χ1) is 38.2. The highest BCUT2D eigenvalue weighted by Gasteiger charge is 2.44. The van der Waals surface area contributed by atoms with Gasteiger partial charge in [0.2, 0.25) is 5.91 Å². The van der Waals surface area contributed by atoms with Crippen LogP contribution in [0.2, 0.25) is 0 Å². The Morgan fingerprint density at radius 1 is 0.462 bits per heavy atom. The lowest BCUT2D eigenvalue weighted by atomic mass is 9.99. The lowest BCUT2D eigenvalue weighted by molar-refractivity contribution is -0.302. The van der Waals surface area contributed by atoms with Gasteiger partial charge in [0.15, 0.2) is 6.29 Å². The molecule has 0 aromatic carbocycles. The Bertz CT molecular complexity index is 1350. The maximum absolute atomic E-state index is 13.0. The van der Waals surface area contributed by atoms with E-state index >= 15 is 0 Å². The van der Waals surface area contributed by atoms with Crippen LogP contribution < -0.4 is 5.32 Å². The molecule has 0 radical (unpaired) electrons. The van der Waals surface area contributed by atoms with E-state index in [9.17, 15) is 35.1 Å². The SMILES string of the molecule is CCCCCCCCC/C=C\CCCCCCCC(=O)OCCCCCCCCCCCCCCCCCCCCCCCCCCCC(=O)NC(COC1OC(CO)C(O)C(O)C1O)C(O)/C=C/CCCCCCCCC. The number of hydrogen-bond acceptors (Lipinski definition) is 10. The summed E-state index contributed by atoms with van der Waals surface area (Å²) < 4.78 is 16.7. The zero-order valence-electron chi connectivity index (χ0n) is 50.9. The average molecular weight is 1110 g/mol. The third kappa shape index (κ3) is 45.7. The van der Waals surface area contributed by atoms with Crippen LogP contribution in [-0.2, 0) is 23.8 Å². The van der Waals surface area contributed by atoms with E-state index in [1.807, 2.05) is 6.08 Å². The summed E-state index contributed by atoms with van der Waals surface area (Å²) in [4.78, 5) is 25.1. The number of carbonyl (C=O) groups excluding carboxylic acids is 2. The minimum absolute atomic E-state index is 0.00119. The molecule has 6 N–H and O–H groups in total. The first-order valence-corrected chi connectivity index (χ1v) is 33.6. The maximum atomic E-state index is 13.0. The van der Waals surface area contributed by atoms with Gasteiger partial charge in [0, 0.05) is 12.8 Å². The molecular formula is C67H127NO10. The Morgan fingerprint density at radius 3 is 1.23 bits per heavy atom. The minimum atomic E-state index is -1.57. The number of allylic oxidation sites excluding steroid dienone is 3. The smallest absolute Gasteiger partial charge is 0.305 e. The Kier molecular flexibility index (Phi) is 54.2. The molecule has 0 aromatic heterocycles. The van der Waals surface area contributed by atoms with E-state index in [4.69, 9.17) is 14.2 Å². The summed E-state index contributed by atoms with van der Waals surface area (Å²) in [6, 6.07) is -0.807. The number of esters is 1. The fourth-order valence-electron chi connectivity index (χ4n) is 10.7.